The number of anilines is 2. The van der Waals surface area contributed by atoms with Crippen LogP contribution in [0.2, 0.25) is 0 Å². The SMILES string of the molecule is Cn1cc(-c2cnc3[nH]cc(-c4nnc(Nc5ccc(O)cc5)o4)c3c2)cn1. The third kappa shape index (κ3) is 2.84. The highest BCUT2D eigenvalue weighted by atomic mass is 16.4. The molecule has 0 saturated heterocycles. The Morgan fingerprint density at radius 2 is 1.96 bits per heavy atom. The second-order valence-corrected chi connectivity index (χ2v) is 6.31. The van der Waals surface area contributed by atoms with E-state index in [0.29, 0.717) is 5.89 Å². The molecule has 0 aliphatic heterocycles. The number of phenolic OH excluding ortho intramolecular Hbond substituents is 1. The fraction of sp³-hybridized carbons (Fsp3) is 0.0526. The van der Waals surface area contributed by atoms with E-state index in [1.54, 1.807) is 47.5 Å². The zero-order chi connectivity index (χ0) is 19.1. The first-order chi connectivity index (χ1) is 13.7. The molecule has 5 rings (SSSR count). The summed E-state index contributed by atoms with van der Waals surface area (Å²) in [6, 6.07) is 8.86. The van der Waals surface area contributed by atoms with Gasteiger partial charge in [-0.25, -0.2) is 4.98 Å². The van der Waals surface area contributed by atoms with Crippen molar-refractivity contribution >= 4 is 22.7 Å². The molecule has 0 spiro atoms. The maximum absolute atomic E-state index is 9.36. The van der Waals surface area contributed by atoms with Crippen molar-refractivity contribution in [1.29, 1.82) is 0 Å². The van der Waals surface area contributed by atoms with E-state index in [2.05, 4.69) is 30.6 Å². The van der Waals surface area contributed by atoms with Crippen LogP contribution in [0.3, 0.4) is 0 Å². The van der Waals surface area contributed by atoms with E-state index >= 15 is 0 Å². The second kappa shape index (κ2) is 6.23. The van der Waals surface area contributed by atoms with Gasteiger partial charge in [0.15, 0.2) is 0 Å². The maximum atomic E-state index is 9.36. The quantitative estimate of drug-likeness (QED) is 0.413. The van der Waals surface area contributed by atoms with Crippen molar-refractivity contribution in [2.75, 3.05) is 5.32 Å². The molecule has 9 nitrogen and oxygen atoms in total. The lowest BCUT2D eigenvalue weighted by atomic mass is 10.1. The summed E-state index contributed by atoms with van der Waals surface area (Å²) in [6.45, 7) is 0. The summed E-state index contributed by atoms with van der Waals surface area (Å²) in [5.74, 6) is 0.560. The van der Waals surface area contributed by atoms with Crippen LogP contribution in [0.1, 0.15) is 0 Å². The number of nitrogens with one attached hydrogen (secondary N) is 2. The number of aromatic nitrogens is 6. The molecule has 0 fully saturated rings. The first kappa shape index (κ1) is 16.1. The number of fused-ring (bicyclic) bond motifs is 1. The molecule has 138 valence electrons. The number of H-pyrrole nitrogens is 1. The van der Waals surface area contributed by atoms with E-state index in [0.717, 1.165) is 33.4 Å². The number of hydrogen-bond acceptors (Lipinski definition) is 7. The van der Waals surface area contributed by atoms with Crippen LogP contribution < -0.4 is 5.32 Å². The first-order valence-corrected chi connectivity index (χ1v) is 8.52. The summed E-state index contributed by atoms with van der Waals surface area (Å²) in [4.78, 5) is 7.60. The zero-order valence-electron chi connectivity index (χ0n) is 14.8. The molecule has 1 aromatic carbocycles. The zero-order valence-corrected chi connectivity index (χ0v) is 14.8. The smallest absolute Gasteiger partial charge is 0.320 e. The monoisotopic (exact) mass is 373 g/mol. The normalized spacial score (nSPS) is 11.2. The Morgan fingerprint density at radius 3 is 2.75 bits per heavy atom. The largest absolute Gasteiger partial charge is 0.508 e. The average Bonchev–Trinajstić information content (AvgIpc) is 3.42. The molecule has 0 atom stereocenters. The Bertz CT molecular complexity index is 1270. The molecule has 0 bridgehead atoms. The van der Waals surface area contributed by atoms with E-state index in [-0.39, 0.29) is 11.8 Å². The maximum Gasteiger partial charge on any atom is 0.320 e. The van der Waals surface area contributed by atoms with Gasteiger partial charge in [0, 0.05) is 47.8 Å². The molecule has 0 aliphatic carbocycles. The van der Waals surface area contributed by atoms with Crippen molar-refractivity contribution in [1.82, 2.24) is 29.9 Å². The summed E-state index contributed by atoms with van der Waals surface area (Å²) >= 11 is 0. The number of phenols is 1. The van der Waals surface area contributed by atoms with Crippen LogP contribution in [0.5, 0.6) is 5.75 Å². The van der Waals surface area contributed by atoms with Crippen molar-refractivity contribution < 1.29 is 9.52 Å². The average molecular weight is 373 g/mol. The number of aryl methyl sites for hydroxylation is 1. The van der Waals surface area contributed by atoms with Gasteiger partial charge in [-0.3, -0.25) is 4.68 Å². The molecular formula is C19H15N7O2. The molecule has 4 heterocycles. The molecule has 5 aromatic rings. The molecule has 4 aromatic heterocycles. The Labute approximate surface area is 158 Å². The van der Waals surface area contributed by atoms with Gasteiger partial charge in [0.1, 0.15) is 11.4 Å². The predicted molar refractivity (Wildman–Crippen MR) is 103 cm³/mol. The van der Waals surface area contributed by atoms with Crippen molar-refractivity contribution in [2.24, 2.45) is 7.05 Å². The Hall–Kier alpha value is -4.14. The second-order valence-electron chi connectivity index (χ2n) is 6.31. The van der Waals surface area contributed by atoms with Gasteiger partial charge >= 0.3 is 6.01 Å². The van der Waals surface area contributed by atoms with Crippen LogP contribution in [-0.2, 0) is 7.05 Å². The van der Waals surface area contributed by atoms with Crippen molar-refractivity contribution in [3.63, 3.8) is 0 Å². The van der Waals surface area contributed by atoms with Gasteiger partial charge in [-0.2, -0.15) is 5.10 Å². The molecule has 9 heteroatoms. The summed E-state index contributed by atoms with van der Waals surface area (Å²) in [6.07, 6.45) is 7.32. The minimum Gasteiger partial charge on any atom is -0.508 e. The van der Waals surface area contributed by atoms with Gasteiger partial charge in [-0.05, 0) is 30.3 Å². The fourth-order valence-corrected chi connectivity index (χ4v) is 2.96. The number of aromatic amines is 1. The highest BCUT2D eigenvalue weighted by Crippen LogP contribution is 2.31. The molecule has 0 radical (unpaired) electrons. The van der Waals surface area contributed by atoms with Gasteiger partial charge in [-0.15, -0.1) is 5.10 Å². The Balaban J connectivity index is 1.49. The van der Waals surface area contributed by atoms with Crippen LogP contribution in [-0.4, -0.2) is 35.1 Å². The molecule has 0 unspecified atom stereocenters. The van der Waals surface area contributed by atoms with E-state index in [4.69, 9.17) is 4.42 Å². The number of hydrogen-bond donors (Lipinski definition) is 3. The minimum atomic E-state index is 0.187. The van der Waals surface area contributed by atoms with E-state index in [1.807, 2.05) is 19.3 Å². The van der Waals surface area contributed by atoms with Gasteiger partial charge in [0.2, 0.25) is 0 Å². The summed E-state index contributed by atoms with van der Waals surface area (Å²) in [5, 5.41) is 25.6. The topological polar surface area (TPSA) is 118 Å². The van der Waals surface area contributed by atoms with Crippen LogP contribution in [0.4, 0.5) is 11.7 Å². The Kier molecular flexibility index (Phi) is 3.58. The molecule has 3 N–H and O–H groups in total. The highest BCUT2D eigenvalue weighted by Gasteiger charge is 2.15. The number of pyridine rings is 1. The molecule has 0 amide bonds. The van der Waals surface area contributed by atoms with Crippen LogP contribution in [0, 0.1) is 0 Å². The van der Waals surface area contributed by atoms with Crippen LogP contribution in [0.25, 0.3) is 33.6 Å². The predicted octanol–water partition coefficient (Wildman–Crippen LogP) is 3.46. The third-order valence-corrected chi connectivity index (χ3v) is 4.34. The van der Waals surface area contributed by atoms with Gasteiger partial charge < -0.3 is 19.8 Å². The van der Waals surface area contributed by atoms with E-state index in [9.17, 15) is 5.11 Å². The Morgan fingerprint density at radius 1 is 1.11 bits per heavy atom. The van der Waals surface area contributed by atoms with E-state index < -0.39 is 0 Å². The number of nitrogens with zero attached hydrogens (tertiary/aromatic N) is 5. The fourth-order valence-electron chi connectivity index (χ4n) is 2.96. The van der Waals surface area contributed by atoms with E-state index in [1.165, 1.54) is 0 Å². The molecule has 0 aliphatic rings. The lowest BCUT2D eigenvalue weighted by Gasteiger charge is -2.00. The van der Waals surface area contributed by atoms with Gasteiger partial charge in [0.25, 0.3) is 5.89 Å². The van der Waals surface area contributed by atoms with Crippen molar-refractivity contribution in [3.05, 3.63) is 55.1 Å². The first-order valence-electron chi connectivity index (χ1n) is 8.52. The molecule has 28 heavy (non-hydrogen) atoms. The van der Waals surface area contributed by atoms with Gasteiger partial charge in [0.05, 0.1) is 11.8 Å². The minimum absolute atomic E-state index is 0.187. The standard InChI is InChI=1S/C19H15N7O2/c1-26-10-12(8-22-26)11-6-15-16(9-21-17(15)20-7-11)18-24-25-19(28-18)23-13-2-4-14(27)5-3-13/h2-10,27H,1H3,(H,20,21)(H,23,25). The van der Waals surface area contributed by atoms with Crippen LogP contribution in [0.15, 0.2) is 59.5 Å². The van der Waals surface area contributed by atoms with Gasteiger partial charge in [-0.1, -0.05) is 5.10 Å². The third-order valence-electron chi connectivity index (χ3n) is 4.34. The summed E-state index contributed by atoms with van der Waals surface area (Å²) < 4.78 is 7.51. The van der Waals surface area contributed by atoms with Crippen LogP contribution >= 0.6 is 0 Å². The number of aromatic hydroxyl groups is 1. The summed E-state index contributed by atoms with van der Waals surface area (Å²) in [7, 11) is 1.87. The molecule has 0 saturated carbocycles. The van der Waals surface area contributed by atoms with Crippen molar-refractivity contribution in [3.8, 4) is 28.3 Å². The highest BCUT2D eigenvalue weighted by molar-refractivity contribution is 5.93. The van der Waals surface area contributed by atoms with Crippen molar-refractivity contribution in [2.45, 2.75) is 0 Å². The summed E-state index contributed by atoms with van der Waals surface area (Å²) in [5.41, 5.74) is 4.15. The number of rotatable bonds is 4. The molecular weight excluding hydrogens is 358 g/mol. The lowest BCUT2D eigenvalue weighted by molar-refractivity contribution is 0.475. The number of benzene rings is 1. The lowest BCUT2D eigenvalue weighted by Crippen LogP contribution is -1.89.